The zero-order valence-corrected chi connectivity index (χ0v) is 16.0. The van der Waals surface area contributed by atoms with Gasteiger partial charge in [0.2, 0.25) is 17.7 Å². The number of nitrogens with zero attached hydrogens (tertiary/aromatic N) is 3. The van der Waals surface area contributed by atoms with E-state index in [-0.39, 0.29) is 42.7 Å². The SMILES string of the molecule is CCN(C(C)=O)c1nc(COC(=O)CN2C(=O)[C@H]3CC=CC[C@H]3C2=O)cs1. The van der Waals surface area contributed by atoms with E-state index in [1.54, 1.807) is 5.38 Å². The summed E-state index contributed by atoms with van der Waals surface area (Å²) in [6.45, 7) is 3.35. The molecular weight excluding hydrogens is 370 g/mol. The third kappa shape index (κ3) is 3.92. The molecule has 2 heterocycles. The van der Waals surface area contributed by atoms with Gasteiger partial charge in [-0.1, -0.05) is 12.2 Å². The smallest absolute Gasteiger partial charge is 0.326 e. The summed E-state index contributed by atoms with van der Waals surface area (Å²) in [6, 6.07) is 0. The second-order valence-electron chi connectivity index (χ2n) is 6.46. The molecule has 9 heteroatoms. The maximum atomic E-state index is 12.4. The molecule has 1 aromatic heterocycles. The van der Waals surface area contributed by atoms with Gasteiger partial charge in [-0.3, -0.25) is 29.0 Å². The van der Waals surface area contributed by atoms with Crippen LogP contribution >= 0.6 is 11.3 Å². The normalized spacial score (nSPS) is 21.3. The minimum Gasteiger partial charge on any atom is -0.458 e. The maximum Gasteiger partial charge on any atom is 0.326 e. The number of carbonyl (C=O) groups excluding carboxylic acids is 4. The molecule has 0 N–H and O–H groups in total. The predicted octanol–water partition coefficient (Wildman–Crippen LogP) is 1.51. The van der Waals surface area contributed by atoms with Crippen molar-refractivity contribution in [2.45, 2.75) is 33.3 Å². The summed E-state index contributed by atoms with van der Waals surface area (Å²) in [7, 11) is 0. The summed E-state index contributed by atoms with van der Waals surface area (Å²) in [5, 5.41) is 2.25. The Morgan fingerprint density at radius 2 is 1.89 bits per heavy atom. The average molecular weight is 391 g/mol. The predicted molar refractivity (Wildman–Crippen MR) is 97.7 cm³/mol. The van der Waals surface area contributed by atoms with Crippen LogP contribution in [0.4, 0.5) is 5.13 Å². The highest BCUT2D eigenvalue weighted by molar-refractivity contribution is 7.14. The lowest BCUT2D eigenvalue weighted by Gasteiger charge is -2.14. The first kappa shape index (κ1) is 19.2. The summed E-state index contributed by atoms with van der Waals surface area (Å²) in [6.07, 6.45) is 4.86. The molecule has 144 valence electrons. The maximum absolute atomic E-state index is 12.4. The Morgan fingerprint density at radius 1 is 1.26 bits per heavy atom. The van der Waals surface area contributed by atoms with Crippen LogP contribution < -0.4 is 4.90 Å². The summed E-state index contributed by atoms with van der Waals surface area (Å²) < 4.78 is 5.17. The Kier molecular flexibility index (Phi) is 5.69. The van der Waals surface area contributed by atoms with Crippen LogP contribution in [0, 0.1) is 11.8 Å². The van der Waals surface area contributed by atoms with Crippen LogP contribution in [0.25, 0.3) is 0 Å². The zero-order chi connectivity index (χ0) is 19.6. The van der Waals surface area contributed by atoms with Gasteiger partial charge in [-0.05, 0) is 19.8 Å². The van der Waals surface area contributed by atoms with Crippen molar-refractivity contribution in [1.29, 1.82) is 0 Å². The number of imide groups is 1. The summed E-state index contributed by atoms with van der Waals surface area (Å²) >= 11 is 1.29. The van der Waals surface area contributed by atoms with Gasteiger partial charge in [0.1, 0.15) is 13.2 Å². The van der Waals surface area contributed by atoms with Gasteiger partial charge in [-0.25, -0.2) is 4.98 Å². The highest BCUT2D eigenvalue weighted by Gasteiger charge is 2.47. The van der Waals surface area contributed by atoms with Crippen molar-refractivity contribution in [3.05, 3.63) is 23.2 Å². The largest absolute Gasteiger partial charge is 0.458 e. The first-order valence-electron chi connectivity index (χ1n) is 8.80. The van der Waals surface area contributed by atoms with Gasteiger partial charge < -0.3 is 4.74 Å². The molecule has 2 atom stereocenters. The van der Waals surface area contributed by atoms with E-state index < -0.39 is 5.97 Å². The number of allylic oxidation sites excluding steroid dienone is 2. The number of hydrogen-bond donors (Lipinski definition) is 0. The molecule has 1 aromatic rings. The van der Waals surface area contributed by atoms with Crippen LogP contribution in [0.5, 0.6) is 0 Å². The minimum absolute atomic E-state index is 0.0740. The van der Waals surface area contributed by atoms with Crippen LogP contribution in [-0.4, -0.2) is 46.7 Å². The molecule has 2 aliphatic rings. The summed E-state index contributed by atoms with van der Waals surface area (Å²) in [5.74, 6) is -2.09. The van der Waals surface area contributed by atoms with E-state index in [0.717, 1.165) is 4.90 Å². The number of carbonyl (C=O) groups is 4. The number of likely N-dealkylation sites (tertiary alicyclic amines) is 1. The highest BCUT2D eigenvalue weighted by atomic mass is 32.1. The van der Waals surface area contributed by atoms with Gasteiger partial charge in [-0.2, -0.15) is 0 Å². The van der Waals surface area contributed by atoms with E-state index >= 15 is 0 Å². The van der Waals surface area contributed by atoms with Crippen molar-refractivity contribution in [3.8, 4) is 0 Å². The lowest BCUT2D eigenvalue weighted by atomic mass is 9.85. The van der Waals surface area contributed by atoms with E-state index in [0.29, 0.717) is 30.2 Å². The number of anilines is 1. The second kappa shape index (κ2) is 7.99. The molecule has 27 heavy (non-hydrogen) atoms. The van der Waals surface area contributed by atoms with E-state index in [1.807, 2.05) is 19.1 Å². The summed E-state index contributed by atoms with van der Waals surface area (Å²) in [5.41, 5.74) is 0.514. The Labute approximate surface area is 160 Å². The molecule has 1 aliphatic carbocycles. The van der Waals surface area contributed by atoms with Crippen LogP contribution in [0.1, 0.15) is 32.4 Å². The first-order valence-corrected chi connectivity index (χ1v) is 9.68. The molecule has 0 aromatic carbocycles. The van der Waals surface area contributed by atoms with Gasteiger partial charge >= 0.3 is 5.97 Å². The molecule has 0 spiro atoms. The van der Waals surface area contributed by atoms with Gasteiger partial charge in [0, 0.05) is 18.8 Å². The van der Waals surface area contributed by atoms with Crippen molar-refractivity contribution in [3.63, 3.8) is 0 Å². The lowest BCUT2D eigenvalue weighted by Crippen LogP contribution is -2.36. The number of ether oxygens (including phenoxy) is 1. The number of fused-ring (bicyclic) bond motifs is 1. The monoisotopic (exact) mass is 391 g/mol. The Balaban J connectivity index is 1.55. The fraction of sp³-hybridized carbons (Fsp3) is 0.500. The fourth-order valence-electron chi connectivity index (χ4n) is 3.33. The molecule has 3 amide bonds. The Hall–Kier alpha value is -2.55. The third-order valence-electron chi connectivity index (χ3n) is 4.73. The third-order valence-corrected chi connectivity index (χ3v) is 5.65. The quantitative estimate of drug-likeness (QED) is 0.414. The molecule has 8 nitrogen and oxygen atoms in total. The topological polar surface area (TPSA) is 96.9 Å². The van der Waals surface area contributed by atoms with E-state index in [2.05, 4.69) is 4.98 Å². The molecule has 0 bridgehead atoms. The number of aromatic nitrogens is 1. The van der Waals surface area contributed by atoms with Crippen molar-refractivity contribution in [2.75, 3.05) is 18.0 Å². The molecule has 0 unspecified atom stereocenters. The first-order chi connectivity index (χ1) is 12.9. The van der Waals surface area contributed by atoms with Gasteiger partial charge in [0.05, 0.1) is 17.5 Å². The minimum atomic E-state index is -0.656. The molecule has 1 saturated heterocycles. The average Bonchev–Trinajstić information content (AvgIpc) is 3.20. The van der Waals surface area contributed by atoms with E-state index in [4.69, 9.17) is 4.74 Å². The summed E-state index contributed by atoms with van der Waals surface area (Å²) in [4.78, 5) is 55.2. The van der Waals surface area contributed by atoms with Crippen LogP contribution in [0.3, 0.4) is 0 Å². The standard InChI is InChI=1S/C18H21N3O5S/c1-3-20(11(2)22)18-19-12(10-27-18)9-26-15(23)8-21-16(24)13-6-4-5-7-14(13)17(21)25/h4-5,10,13-14H,3,6-9H2,1-2H3/t13-,14+. The highest BCUT2D eigenvalue weighted by Crippen LogP contribution is 2.34. The molecule has 1 aliphatic heterocycles. The molecular formula is C18H21N3O5S. The van der Waals surface area contributed by atoms with Gasteiger partial charge in [-0.15, -0.1) is 11.3 Å². The molecule has 3 rings (SSSR count). The van der Waals surface area contributed by atoms with Crippen molar-refractivity contribution in [1.82, 2.24) is 9.88 Å². The van der Waals surface area contributed by atoms with Crippen molar-refractivity contribution in [2.24, 2.45) is 11.8 Å². The van der Waals surface area contributed by atoms with Crippen LogP contribution in [-0.2, 0) is 30.5 Å². The number of hydrogen-bond acceptors (Lipinski definition) is 7. The van der Waals surface area contributed by atoms with Crippen molar-refractivity contribution >= 4 is 40.2 Å². The molecule has 1 fully saturated rings. The molecule has 0 radical (unpaired) electrons. The number of rotatable bonds is 6. The Bertz CT molecular complexity index is 777. The van der Waals surface area contributed by atoms with Crippen LogP contribution in [0.2, 0.25) is 0 Å². The Morgan fingerprint density at radius 3 is 2.44 bits per heavy atom. The number of thiazole rings is 1. The second-order valence-corrected chi connectivity index (χ2v) is 7.30. The molecule has 0 saturated carbocycles. The lowest BCUT2D eigenvalue weighted by molar-refractivity contribution is -0.153. The number of esters is 1. The van der Waals surface area contributed by atoms with E-state index in [1.165, 1.54) is 23.2 Å². The fourth-order valence-corrected chi connectivity index (χ4v) is 4.25. The van der Waals surface area contributed by atoms with Gasteiger partial charge in [0.15, 0.2) is 5.13 Å². The van der Waals surface area contributed by atoms with Gasteiger partial charge in [0.25, 0.3) is 0 Å². The zero-order valence-electron chi connectivity index (χ0n) is 15.2. The van der Waals surface area contributed by atoms with Crippen LogP contribution in [0.15, 0.2) is 17.5 Å². The number of amides is 3. The van der Waals surface area contributed by atoms with Crippen molar-refractivity contribution < 1.29 is 23.9 Å². The van der Waals surface area contributed by atoms with E-state index in [9.17, 15) is 19.2 Å².